The van der Waals surface area contributed by atoms with E-state index in [0.717, 1.165) is 108 Å². The molecule has 2 atom stereocenters. The Bertz CT molecular complexity index is 2050. The smallest absolute Gasteiger partial charge is 0.253 e. The molecule has 0 bridgehead atoms. The van der Waals surface area contributed by atoms with Gasteiger partial charge in [0.05, 0.1) is 0 Å². The van der Waals surface area contributed by atoms with Crippen LogP contribution in [-0.2, 0) is 39.0 Å². The highest BCUT2D eigenvalue weighted by Crippen LogP contribution is 2.36. The fraction of sp³-hybridized carbons (Fsp3) is 0.522. The summed E-state index contributed by atoms with van der Waals surface area (Å²) in [6.45, 7) is 21.7. The molecule has 2 saturated heterocycles. The first-order chi connectivity index (χ1) is 26.3. The first-order valence-corrected chi connectivity index (χ1v) is 20.9. The fourth-order valence-electron chi connectivity index (χ4n) is 9.97. The van der Waals surface area contributed by atoms with Crippen molar-refractivity contribution in [3.05, 3.63) is 95.3 Å². The van der Waals surface area contributed by atoms with Crippen molar-refractivity contribution in [1.82, 2.24) is 29.2 Å². The Morgan fingerprint density at radius 3 is 1.80 bits per heavy atom. The SMILES string of the molecule is C=CCn1c2c(c3cc(C(=O)N4CCCC(C)C4)ccc31)CN(C1CCC1)CC2.C=CCn1c2c(c3cc(C(=O)N4CCCC(C)C4)ccc31)CNCC2. The molecule has 286 valence electrons. The third-order valence-corrected chi connectivity index (χ3v) is 13.0. The van der Waals surface area contributed by atoms with Crippen molar-refractivity contribution in [1.29, 1.82) is 0 Å². The lowest BCUT2D eigenvalue weighted by molar-refractivity contribution is 0.0676. The van der Waals surface area contributed by atoms with Gasteiger partial charge in [0.2, 0.25) is 0 Å². The normalized spacial score (nSPS) is 21.9. The molecule has 0 spiro atoms. The molecule has 1 N–H and O–H groups in total. The zero-order valence-corrected chi connectivity index (χ0v) is 32.8. The van der Waals surface area contributed by atoms with Crippen LogP contribution in [0.25, 0.3) is 21.8 Å². The number of hydrogen-bond donors (Lipinski definition) is 1. The Labute approximate surface area is 321 Å². The van der Waals surface area contributed by atoms with Gasteiger partial charge in [-0.15, -0.1) is 13.2 Å². The minimum absolute atomic E-state index is 0.183. The van der Waals surface area contributed by atoms with Gasteiger partial charge in [0.15, 0.2) is 0 Å². The van der Waals surface area contributed by atoms with E-state index in [9.17, 15) is 9.59 Å². The third-order valence-electron chi connectivity index (χ3n) is 13.0. The van der Waals surface area contributed by atoms with Gasteiger partial charge in [-0.3, -0.25) is 14.5 Å². The molecular formula is C46H60N6O2. The van der Waals surface area contributed by atoms with Gasteiger partial charge in [-0.1, -0.05) is 32.4 Å². The van der Waals surface area contributed by atoms with E-state index in [1.165, 1.54) is 76.4 Å². The molecule has 2 unspecified atom stereocenters. The van der Waals surface area contributed by atoms with E-state index < -0.39 is 0 Å². The number of carbonyl (C=O) groups is 2. The highest BCUT2D eigenvalue weighted by molar-refractivity contribution is 6.00. The van der Waals surface area contributed by atoms with Crippen LogP contribution in [0.15, 0.2) is 61.7 Å². The van der Waals surface area contributed by atoms with Crippen LogP contribution < -0.4 is 5.32 Å². The summed E-state index contributed by atoms with van der Waals surface area (Å²) in [5.41, 5.74) is 9.80. The van der Waals surface area contributed by atoms with Gasteiger partial charge in [-0.25, -0.2) is 0 Å². The van der Waals surface area contributed by atoms with E-state index in [-0.39, 0.29) is 11.8 Å². The first kappa shape index (κ1) is 36.8. The van der Waals surface area contributed by atoms with E-state index in [1.54, 1.807) is 0 Å². The number of nitrogens with zero attached hydrogens (tertiary/aromatic N) is 5. The van der Waals surface area contributed by atoms with Crippen LogP contribution in [0.4, 0.5) is 0 Å². The number of amides is 2. The second-order valence-electron chi connectivity index (χ2n) is 16.8. The van der Waals surface area contributed by atoms with Crippen molar-refractivity contribution >= 4 is 33.6 Å². The number of benzene rings is 2. The number of nitrogens with one attached hydrogen (secondary N) is 1. The monoisotopic (exact) mass is 728 g/mol. The third kappa shape index (κ3) is 7.08. The minimum Gasteiger partial charge on any atom is -0.340 e. The Morgan fingerprint density at radius 1 is 0.722 bits per heavy atom. The summed E-state index contributed by atoms with van der Waals surface area (Å²) in [6.07, 6.45) is 14.8. The van der Waals surface area contributed by atoms with E-state index in [0.29, 0.717) is 11.8 Å². The van der Waals surface area contributed by atoms with Crippen LogP contribution in [0.2, 0.25) is 0 Å². The lowest BCUT2D eigenvalue weighted by atomic mass is 9.89. The van der Waals surface area contributed by atoms with Crippen LogP contribution in [-0.4, -0.2) is 81.0 Å². The van der Waals surface area contributed by atoms with E-state index in [1.807, 2.05) is 29.2 Å². The van der Waals surface area contributed by atoms with Crippen molar-refractivity contribution in [3.63, 3.8) is 0 Å². The standard InChI is InChI=1S/C25H33N3O.C21H27N3O/c1-3-12-28-23-10-9-19(25(29)27-13-5-6-18(2)16-27)15-21(23)22-17-26(14-11-24(22)28)20-7-4-8-20;1-3-10-24-19-7-6-16(21(25)23-11-4-5-15(2)14-23)12-17(19)18-13-22-9-8-20(18)24/h3,9-10,15,18,20H,1,4-8,11-14,16-17H2,2H3;3,6-7,12,15,22H,1,4-5,8-11,13-14H2,2H3. The zero-order valence-electron chi connectivity index (χ0n) is 32.8. The van der Waals surface area contributed by atoms with Gasteiger partial charge in [-0.2, -0.15) is 0 Å². The quantitative estimate of drug-likeness (QED) is 0.196. The summed E-state index contributed by atoms with van der Waals surface area (Å²) in [5, 5.41) is 5.97. The molecule has 54 heavy (non-hydrogen) atoms. The average molecular weight is 729 g/mol. The highest BCUT2D eigenvalue weighted by atomic mass is 16.2. The topological polar surface area (TPSA) is 65.8 Å². The van der Waals surface area contributed by atoms with Gasteiger partial charge < -0.3 is 24.3 Å². The number of hydrogen-bond acceptors (Lipinski definition) is 4. The van der Waals surface area contributed by atoms with Crippen molar-refractivity contribution in [3.8, 4) is 0 Å². The van der Waals surface area contributed by atoms with Crippen LogP contribution in [0.5, 0.6) is 0 Å². The Hall–Kier alpha value is -4.14. The molecular weight excluding hydrogens is 669 g/mol. The van der Waals surface area contributed by atoms with E-state index in [2.05, 4.69) is 75.5 Å². The predicted octanol–water partition coefficient (Wildman–Crippen LogP) is 7.96. The van der Waals surface area contributed by atoms with Crippen molar-refractivity contribution in [2.24, 2.45) is 11.8 Å². The van der Waals surface area contributed by atoms with Gasteiger partial charge in [0.1, 0.15) is 0 Å². The van der Waals surface area contributed by atoms with Crippen molar-refractivity contribution in [2.45, 2.75) is 104 Å². The molecule has 0 radical (unpaired) electrons. The molecule has 3 fully saturated rings. The molecule has 9 rings (SSSR count). The first-order valence-electron chi connectivity index (χ1n) is 20.9. The molecule has 1 saturated carbocycles. The van der Waals surface area contributed by atoms with Crippen LogP contribution in [0.3, 0.4) is 0 Å². The maximum absolute atomic E-state index is 13.2. The highest BCUT2D eigenvalue weighted by Gasteiger charge is 2.32. The summed E-state index contributed by atoms with van der Waals surface area (Å²) in [4.78, 5) is 32.9. The predicted molar refractivity (Wildman–Crippen MR) is 220 cm³/mol. The summed E-state index contributed by atoms with van der Waals surface area (Å²) in [7, 11) is 0. The molecule has 2 aromatic carbocycles. The lowest BCUT2D eigenvalue weighted by Gasteiger charge is -2.40. The molecule has 4 aliphatic heterocycles. The molecule has 5 aliphatic rings. The number of aromatic nitrogens is 2. The largest absolute Gasteiger partial charge is 0.340 e. The van der Waals surface area contributed by atoms with E-state index in [4.69, 9.17) is 0 Å². The minimum atomic E-state index is 0.183. The Morgan fingerprint density at radius 2 is 1.28 bits per heavy atom. The van der Waals surface area contributed by atoms with Crippen molar-refractivity contribution in [2.75, 3.05) is 39.3 Å². The number of rotatable bonds is 7. The van der Waals surface area contributed by atoms with Crippen LogP contribution in [0, 0.1) is 11.8 Å². The number of allylic oxidation sites excluding steroid dienone is 2. The Balaban J connectivity index is 0.000000155. The molecule has 2 aromatic heterocycles. The molecule has 1 aliphatic carbocycles. The summed E-state index contributed by atoms with van der Waals surface area (Å²) in [5.74, 6) is 1.60. The summed E-state index contributed by atoms with van der Waals surface area (Å²) < 4.78 is 4.78. The lowest BCUT2D eigenvalue weighted by Crippen LogP contribution is -2.43. The number of piperidine rings is 2. The molecule has 6 heterocycles. The van der Waals surface area contributed by atoms with Gasteiger partial charge in [0.25, 0.3) is 11.8 Å². The number of carbonyl (C=O) groups excluding carboxylic acids is 2. The molecule has 8 nitrogen and oxygen atoms in total. The number of fused-ring (bicyclic) bond motifs is 6. The van der Waals surface area contributed by atoms with Gasteiger partial charge in [-0.05, 0) is 97.9 Å². The maximum atomic E-state index is 13.2. The second kappa shape index (κ2) is 15.9. The Kier molecular flexibility index (Phi) is 10.9. The van der Waals surface area contributed by atoms with Gasteiger partial charge in [0, 0.05) is 129 Å². The fourth-order valence-corrected chi connectivity index (χ4v) is 9.97. The maximum Gasteiger partial charge on any atom is 0.253 e. The second-order valence-corrected chi connectivity index (χ2v) is 16.8. The van der Waals surface area contributed by atoms with Gasteiger partial charge >= 0.3 is 0 Å². The van der Waals surface area contributed by atoms with E-state index >= 15 is 0 Å². The van der Waals surface area contributed by atoms with Crippen LogP contribution in [0.1, 0.15) is 102 Å². The van der Waals surface area contributed by atoms with Crippen molar-refractivity contribution < 1.29 is 9.59 Å². The average Bonchev–Trinajstić information content (AvgIpc) is 3.65. The molecule has 2 amide bonds. The molecule has 4 aromatic rings. The zero-order chi connectivity index (χ0) is 37.3. The molecule has 8 heteroatoms. The number of likely N-dealkylation sites (tertiary alicyclic amines) is 2. The van der Waals surface area contributed by atoms with Crippen LogP contribution >= 0.6 is 0 Å². The summed E-state index contributed by atoms with van der Waals surface area (Å²) in [6, 6.07) is 13.4. The summed E-state index contributed by atoms with van der Waals surface area (Å²) >= 11 is 0.